The lowest BCUT2D eigenvalue weighted by Crippen LogP contribution is -2.51. The van der Waals surface area contributed by atoms with Crippen molar-refractivity contribution in [3.63, 3.8) is 0 Å². The van der Waals surface area contributed by atoms with Crippen LogP contribution < -0.4 is 9.64 Å². The molecule has 1 atom stereocenters. The van der Waals surface area contributed by atoms with Crippen LogP contribution in [-0.4, -0.2) is 55.9 Å². The third-order valence-corrected chi connectivity index (χ3v) is 5.15. The summed E-state index contributed by atoms with van der Waals surface area (Å²) in [7, 11) is 1.61. The molecule has 0 saturated carbocycles. The average Bonchev–Trinajstić information content (AvgIpc) is 3.24. The number of amides is 1. The molecule has 1 fully saturated rings. The van der Waals surface area contributed by atoms with Crippen molar-refractivity contribution in [1.82, 2.24) is 4.90 Å². The third kappa shape index (κ3) is 3.65. The van der Waals surface area contributed by atoms with Gasteiger partial charge in [0.05, 0.1) is 12.8 Å². The summed E-state index contributed by atoms with van der Waals surface area (Å²) >= 11 is 0. The van der Waals surface area contributed by atoms with Crippen LogP contribution in [0.1, 0.15) is 12.0 Å². The molecule has 6 nitrogen and oxygen atoms in total. The standard InChI is InChI=1S/C21H22FN3O3/c1-27-19-5-3-2-4-17(19)18-14-20(28-23-18)21(26)25-12-10-24(11-13-25)16-8-6-15(22)7-9-16/h2-9,20H,10-14H2,1H3. The maximum atomic E-state index is 13.1. The SMILES string of the molecule is COc1ccccc1C1=NOC(C(=O)N2CCN(c3ccc(F)cc3)CC2)C1. The molecule has 0 aliphatic carbocycles. The van der Waals surface area contributed by atoms with Gasteiger partial charge in [0, 0.05) is 43.9 Å². The monoisotopic (exact) mass is 383 g/mol. The van der Waals surface area contributed by atoms with Crippen LogP contribution in [0.5, 0.6) is 5.75 Å². The predicted molar refractivity (Wildman–Crippen MR) is 104 cm³/mol. The zero-order valence-electron chi connectivity index (χ0n) is 15.7. The molecule has 0 bridgehead atoms. The number of carbonyl (C=O) groups excluding carboxylic acids is 1. The Bertz CT molecular complexity index is 877. The topological polar surface area (TPSA) is 54.4 Å². The number of hydrogen-bond acceptors (Lipinski definition) is 5. The van der Waals surface area contributed by atoms with Gasteiger partial charge in [-0.05, 0) is 36.4 Å². The molecule has 7 heteroatoms. The minimum Gasteiger partial charge on any atom is -0.496 e. The van der Waals surface area contributed by atoms with E-state index in [1.165, 1.54) is 12.1 Å². The van der Waals surface area contributed by atoms with Crippen molar-refractivity contribution in [2.45, 2.75) is 12.5 Å². The Kier molecular flexibility index (Phi) is 5.14. The zero-order chi connectivity index (χ0) is 19.5. The molecule has 146 valence electrons. The lowest BCUT2D eigenvalue weighted by atomic mass is 10.0. The zero-order valence-corrected chi connectivity index (χ0v) is 15.7. The lowest BCUT2D eigenvalue weighted by molar-refractivity contribution is -0.142. The van der Waals surface area contributed by atoms with Gasteiger partial charge in [0.2, 0.25) is 6.10 Å². The molecular formula is C21H22FN3O3. The van der Waals surface area contributed by atoms with Crippen molar-refractivity contribution in [3.8, 4) is 5.75 Å². The first kappa shape index (κ1) is 18.3. The number of benzene rings is 2. The highest BCUT2D eigenvalue weighted by molar-refractivity contribution is 6.05. The van der Waals surface area contributed by atoms with Gasteiger partial charge in [-0.3, -0.25) is 4.79 Å². The van der Waals surface area contributed by atoms with E-state index < -0.39 is 6.10 Å². The number of piperazine rings is 1. The summed E-state index contributed by atoms with van der Waals surface area (Å²) in [4.78, 5) is 22.3. The van der Waals surface area contributed by atoms with Gasteiger partial charge in [-0.25, -0.2) is 4.39 Å². The van der Waals surface area contributed by atoms with Crippen molar-refractivity contribution in [2.24, 2.45) is 5.16 Å². The van der Waals surface area contributed by atoms with Crippen LogP contribution in [0.25, 0.3) is 0 Å². The van der Waals surface area contributed by atoms with Crippen molar-refractivity contribution in [3.05, 3.63) is 59.9 Å². The van der Waals surface area contributed by atoms with Crippen LogP contribution >= 0.6 is 0 Å². The second-order valence-corrected chi connectivity index (χ2v) is 6.83. The number of halogens is 1. The first-order valence-electron chi connectivity index (χ1n) is 9.31. The number of ether oxygens (including phenoxy) is 1. The highest BCUT2D eigenvalue weighted by atomic mass is 19.1. The maximum absolute atomic E-state index is 13.1. The molecule has 1 unspecified atom stereocenters. The van der Waals surface area contributed by atoms with Crippen molar-refractivity contribution in [1.29, 1.82) is 0 Å². The molecule has 2 aliphatic heterocycles. The van der Waals surface area contributed by atoms with Crippen LogP contribution in [0.2, 0.25) is 0 Å². The Morgan fingerprint density at radius 2 is 1.82 bits per heavy atom. The van der Waals surface area contributed by atoms with Crippen LogP contribution in [0.4, 0.5) is 10.1 Å². The minimum atomic E-state index is -0.600. The molecule has 4 rings (SSSR count). The van der Waals surface area contributed by atoms with Gasteiger partial charge in [0.25, 0.3) is 5.91 Å². The van der Waals surface area contributed by atoms with Gasteiger partial charge in [-0.2, -0.15) is 0 Å². The van der Waals surface area contributed by atoms with E-state index in [0.717, 1.165) is 17.0 Å². The van der Waals surface area contributed by atoms with E-state index in [1.54, 1.807) is 19.2 Å². The summed E-state index contributed by atoms with van der Waals surface area (Å²) in [6.07, 6.45) is -0.172. The Labute approximate surface area is 163 Å². The number of para-hydroxylation sites is 1. The van der Waals surface area contributed by atoms with E-state index in [2.05, 4.69) is 10.1 Å². The van der Waals surface area contributed by atoms with Gasteiger partial charge in [0.15, 0.2) is 0 Å². The number of hydrogen-bond donors (Lipinski definition) is 0. The molecule has 0 aromatic heterocycles. The van der Waals surface area contributed by atoms with Gasteiger partial charge in [-0.15, -0.1) is 0 Å². The average molecular weight is 383 g/mol. The fraction of sp³-hybridized carbons (Fsp3) is 0.333. The van der Waals surface area contributed by atoms with E-state index in [0.29, 0.717) is 38.3 Å². The Balaban J connectivity index is 1.34. The second-order valence-electron chi connectivity index (χ2n) is 6.83. The normalized spacial score (nSPS) is 19.2. The summed E-state index contributed by atoms with van der Waals surface area (Å²) in [6, 6.07) is 14.0. The summed E-state index contributed by atoms with van der Waals surface area (Å²) in [5, 5.41) is 4.13. The number of anilines is 1. The molecule has 2 heterocycles. The second kappa shape index (κ2) is 7.88. The van der Waals surface area contributed by atoms with Gasteiger partial charge in [-0.1, -0.05) is 17.3 Å². The smallest absolute Gasteiger partial charge is 0.267 e. The third-order valence-electron chi connectivity index (χ3n) is 5.15. The molecule has 28 heavy (non-hydrogen) atoms. The number of rotatable bonds is 4. The first-order chi connectivity index (χ1) is 13.7. The van der Waals surface area contributed by atoms with Gasteiger partial charge >= 0.3 is 0 Å². The highest BCUT2D eigenvalue weighted by Crippen LogP contribution is 2.26. The molecule has 2 aliphatic rings. The van der Waals surface area contributed by atoms with Crippen LogP contribution in [-0.2, 0) is 9.63 Å². The van der Waals surface area contributed by atoms with Gasteiger partial charge < -0.3 is 19.4 Å². The maximum Gasteiger partial charge on any atom is 0.267 e. The van der Waals surface area contributed by atoms with Crippen LogP contribution in [0.15, 0.2) is 53.7 Å². The summed E-state index contributed by atoms with van der Waals surface area (Å²) < 4.78 is 18.5. The van der Waals surface area contributed by atoms with E-state index in [-0.39, 0.29) is 11.7 Å². The van der Waals surface area contributed by atoms with Crippen LogP contribution in [0.3, 0.4) is 0 Å². The summed E-state index contributed by atoms with van der Waals surface area (Å²) in [5.41, 5.74) is 2.54. The van der Waals surface area contributed by atoms with E-state index in [9.17, 15) is 9.18 Å². The van der Waals surface area contributed by atoms with E-state index in [4.69, 9.17) is 9.57 Å². The Morgan fingerprint density at radius 3 is 2.54 bits per heavy atom. The molecule has 1 amide bonds. The number of nitrogens with zero attached hydrogens (tertiary/aromatic N) is 3. The molecule has 0 radical (unpaired) electrons. The van der Waals surface area contributed by atoms with Crippen molar-refractivity contribution < 1.29 is 18.8 Å². The fourth-order valence-corrected chi connectivity index (χ4v) is 3.59. The van der Waals surface area contributed by atoms with Crippen LogP contribution in [0, 0.1) is 5.82 Å². The minimum absolute atomic E-state index is 0.0487. The van der Waals surface area contributed by atoms with Gasteiger partial charge in [0.1, 0.15) is 11.6 Å². The molecule has 0 N–H and O–H groups in total. The molecule has 1 saturated heterocycles. The molecule has 2 aromatic rings. The number of methoxy groups -OCH3 is 1. The van der Waals surface area contributed by atoms with E-state index in [1.807, 2.05) is 29.2 Å². The molecular weight excluding hydrogens is 361 g/mol. The van der Waals surface area contributed by atoms with Crippen molar-refractivity contribution in [2.75, 3.05) is 38.2 Å². The first-order valence-corrected chi connectivity index (χ1v) is 9.31. The largest absolute Gasteiger partial charge is 0.496 e. The number of carbonyl (C=O) groups is 1. The quantitative estimate of drug-likeness (QED) is 0.815. The summed E-state index contributed by atoms with van der Waals surface area (Å²) in [5.74, 6) is 0.417. The number of oxime groups is 1. The fourth-order valence-electron chi connectivity index (χ4n) is 3.59. The van der Waals surface area contributed by atoms with E-state index >= 15 is 0 Å². The molecule has 0 spiro atoms. The Morgan fingerprint density at radius 1 is 1.11 bits per heavy atom. The molecule has 2 aromatic carbocycles. The lowest BCUT2D eigenvalue weighted by Gasteiger charge is -2.36. The summed E-state index contributed by atoms with van der Waals surface area (Å²) in [6.45, 7) is 2.59. The highest BCUT2D eigenvalue weighted by Gasteiger charge is 2.34. The Hall–Kier alpha value is -3.09. The predicted octanol–water partition coefficient (Wildman–Crippen LogP) is 2.68. The van der Waals surface area contributed by atoms with Crippen molar-refractivity contribution >= 4 is 17.3 Å².